The van der Waals surface area contributed by atoms with E-state index >= 15 is 0 Å². The van der Waals surface area contributed by atoms with Crippen molar-refractivity contribution in [3.8, 4) is 11.8 Å². The summed E-state index contributed by atoms with van der Waals surface area (Å²) in [5, 5.41) is 13.2. The number of carbonyl (C=O) groups is 1. The fourth-order valence-corrected chi connectivity index (χ4v) is 2.22. The molecule has 0 aromatic carbocycles. The van der Waals surface area contributed by atoms with Gasteiger partial charge in [0.2, 0.25) is 5.88 Å². The molecule has 0 atom stereocenters. The van der Waals surface area contributed by atoms with Crippen molar-refractivity contribution in [2.45, 2.75) is 20.3 Å². The molecule has 8 heteroatoms. The van der Waals surface area contributed by atoms with Crippen molar-refractivity contribution in [3.63, 3.8) is 0 Å². The van der Waals surface area contributed by atoms with Crippen molar-refractivity contribution in [2.75, 3.05) is 7.11 Å². The third kappa shape index (κ3) is 2.64. The van der Waals surface area contributed by atoms with E-state index in [1.165, 1.54) is 11.8 Å². The van der Waals surface area contributed by atoms with Gasteiger partial charge in [-0.15, -0.1) is 0 Å². The quantitative estimate of drug-likeness (QED) is 0.910. The minimum Gasteiger partial charge on any atom is -0.481 e. The number of aryl methyl sites for hydroxylation is 1. The lowest BCUT2D eigenvalue weighted by atomic mass is 10.1. The van der Waals surface area contributed by atoms with Gasteiger partial charge in [0.25, 0.3) is 5.95 Å². The summed E-state index contributed by atoms with van der Waals surface area (Å²) < 4.78 is 7.27. The van der Waals surface area contributed by atoms with E-state index in [0.29, 0.717) is 33.3 Å². The highest BCUT2D eigenvalue weighted by molar-refractivity contribution is 9.10. The topological polar surface area (TPSA) is 90.1 Å². The number of nitrogens with zero attached hydrogens (tertiary/aromatic N) is 4. The molecule has 0 aliphatic carbocycles. The summed E-state index contributed by atoms with van der Waals surface area (Å²) >= 11 is 3.28. The van der Waals surface area contributed by atoms with Crippen molar-refractivity contribution < 1.29 is 14.6 Å². The van der Waals surface area contributed by atoms with Crippen LogP contribution in [0.25, 0.3) is 5.95 Å². The molecule has 0 radical (unpaired) electrons. The van der Waals surface area contributed by atoms with E-state index in [2.05, 4.69) is 31.0 Å². The zero-order valence-electron chi connectivity index (χ0n) is 11.2. The summed E-state index contributed by atoms with van der Waals surface area (Å²) in [7, 11) is 1.51. The molecule has 0 fully saturated rings. The minimum absolute atomic E-state index is 0.0780. The van der Waals surface area contributed by atoms with Crippen molar-refractivity contribution >= 4 is 21.9 Å². The number of hydrogen-bond donors (Lipinski definition) is 1. The average Bonchev–Trinajstić information content (AvgIpc) is 2.67. The minimum atomic E-state index is -0.898. The number of aromatic nitrogens is 4. The van der Waals surface area contributed by atoms with Gasteiger partial charge in [-0.1, -0.05) is 0 Å². The largest absolute Gasteiger partial charge is 0.481 e. The van der Waals surface area contributed by atoms with E-state index in [9.17, 15) is 4.79 Å². The molecule has 0 amide bonds. The number of aliphatic carboxylic acids is 1. The summed E-state index contributed by atoms with van der Waals surface area (Å²) in [4.78, 5) is 19.3. The molecule has 0 bridgehead atoms. The highest BCUT2D eigenvalue weighted by Crippen LogP contribution is 2.23. The Labute approximate surface area is 123 Å². The van der Waals surface area contributed by atoms with Gasteiger partial charge in [0.05, 0.1) is 29.9 Å². The first-order chi connectivity index (χ1) is 9.43. The second-order valence-corrected chi connectivity index (χ2v) is 5.01. The Kier molecular flexibility index (Phi) is 4.03. The molecule has 0 unspecified atom stereocenters. The fourth-order valence-electron chi connectivity index (χ4n) is 1.86. The fraction of sp³-hybridized carbons (Fsp3) is 0.333. The summed E-state index contributed by atoms with van der Waals surface area (Å²) in [6.07, 6.45) is 1.49. The Morgan fingerprint density at radius 2 is 2.20 bits per heavy atom. The maximum atomic E-state index is 10.9. The van der Waals surface area contributed by atoms with E-state index in [0.717, 1.165) is 0 Å². The number of hydrogen-bond acceptors (Lipinski definition) is 5. The van der Waals surface area contributed by atoms with Crippen LogP contribution in [0.4, 0.5) is 0 Å². The Morgan fingerprint density at radius 3 is 2.80 bits per heavy atom. The summed E-state index contributed by atoms with van der Waals surface area (Å²) in [5.41, 5.74) is 2.02. The van der Waals surface area contributed by atoms with Gasteiger partial charge in [0, 0.05) is 11.3 Å². The van der Waals surface area contributed by atoms with Gasteiger partial charge in [-0.2, -0.15) is 10.1 Å². The van der Waals surface area contributed by atoms with E-state index in [1.807, 2.05) is 0 Å². The van der Waals surface area contributed by atoms with Crippen LogP contribution >= 0.6 is 15.9 Å². The molecular formula is C12H13BrN4O3. The van der Waals surface area contributed by atoms with E-state index in [-0.39, 0.29) is 6.42 Å². The number of carboxylic acids is 1. The summed E-state index contributed by atoms with van der Waals surface area (Å²) in [6.45, 7) is 3.55. The molecule has 0 saturated heterocycles. The van der Waals surface area contributed by atoms with Crippen LogP contribution < -0.4 is 4.74 Å². The smallest absolute Gasteiger partial charge is 0.307 e. The molecule has 7 nitrogen and oxygen atoms in total. The van der Waals surface area contributed by atoms with E-state index in [4.69, 9.17) is 9.84 Å². The Hall–Kier alpha value is -1.96. The normalized spacial score (nSPS) is 10.6. The van der Waals surface area contributed by atoms with Crippen LogP contribution in [0.5, 0.6) is 5.88 Å². The number of carboxylic acid groups (broad SMARTS) is 1. The number of halogens is 1. The summed E-state index contributed by atoms with van der Waals surface area (Å²) in [5.74, 6) is -0.172. The van der Waals surface area contributed by atoms with Gasteiger partial charge in [-0.25, -0.2) is 9.67 Å². The first-order valence-corrected chi connectivity index (χ1v) is 6.57. The Morgan fingerprint density at radius 1 is 1.50 bits per heavy atom. The third-order valence-corrected chi connectivity index (χ3v) is 3.40. The van der Waals surface area contributed by atoms with E-state index in [1.54, 1.807) is 20.0 Å². The standard InChI is InChI=1S/C12H13BrN4O3/c1-6-8(4-10(18)19)7(2)17(16-6)12-14-5-9(13)11(15-12)20-3/h5H,4H2,1-3H3,(H,18,19). The monoisotopic (exact) mass is 340 g/mol. The van der Waals surface area contributed by atoms with Crippen LogP contribution in [-0.4, -0.2) is 37.9 Å². The van der Waals surface area contributed by atoms with Crippen molar-refractivity contribution in [1.82, 2.24) is 19.7 Å². The maximum Gasteiger partial charge on any atom is 0.307 e. The van der Waals surface area contributed by atoms with Crippen molar-refractivity contribution in [2.24, 2.45) is 0 Å². The molecule has 20 heavy (non-hydrogen) atoms. The highest BCUT2D eigenvalue weighted by atomic mass is 79.9. The first-order valence-electron chi connectivity index (χ1n) is 5.77. The lowest BCUT2D eigenvalue weighted by molar-refractivity contribution is -0.136. The van der Waals surface area contributed by atoms with Crippen molar-refractivity contribution in [3.05, 3.63) is 27.6 Å². The molecular weight excluding hydrogens is 328 g/mol. The molecule has 0 aliphatic heterocycles. The van der Waals surface area contributed by atoms with Crippen molar-refractivity contribution in [1.29, 1.82) is 0 Å². The van der Waals surface area contributed by atoms with Gasteiger partial charge in [-0.3, -0.25) is 4.79 Å². The molecule has 106 valence electrons. The molecule has 2 heterocycles. The van der Waals surface area contributed by atoms with Crippen LogP contribution in [0, 0.1) is 13.8 Å². The zero-order valence-corrected chi connectivity index (χ0v) is 12.8. The third-order valence-electron chi connectivity index (χ3n) is 2.85. The Bertz CT molecular complexity index is 669. The van der Waals surface area contributed by atoms with Crippen LogP contribution in [0.15, 0.2) is 10.7 Å². The zero-order chi connectivity index (χ0) is 14.9. The highest BCUT2D eigenvalue weighted by Gasteiger charge is 2.17. The van der Waals surface area contributed by atoms with Gasteiger partial charge >= 0.3 is 5.97 Å². The molecule has 1 N–H and O–H groups in total. The predicted octanol–water partition coefficient (Wildman–Crippen LogP) is 1.68. The second kappa shape index (κ2) is 5.58. The van der Waals surface area contributed by atoms with Crippen LogP contribution in [0.1, 0.15) is 17.0 Å². The predicted molar refractivity (Wildman–Crippen MR) is 74.2 cm³/mol. The number of ether oxygens (including phenoxy) is 1. The van der Waals surface area contributed by atoms with Gasteiger partial charge in [0.15, 0.2) is 0 Å². The number of methoxy groups -OCH3 is 1. The molecule has 0 saturated carbocycles. The average molecular weight is 341 g/mol. The van der Waals surface area contributed by atoms with Gasteiger partial charge in [0.1, 0.15) is 0 Å². The SMILES string of the molecule is COc1nc(-n2nc(C)c(CC(=O)O)c2C)ncc1Br. The Balaban J connectivity index is 2.51. The van der Waals surface area contributed by atoms with Gasteiger partial charge < -0.3 is 9.84 Å². The lowest BCUT2D eigenvalue weighted by Gasteiger charge is -2.06. The van der Waals surface area contributed by atoms with Crippen LogP contribution in [0.3, 0.4) is 0 Å². The first kappa shape index (κ1) is 14.4. The van der Waals surface area contributed by atoms with E-state index < -0.39 is 5.97 Å². The van der Waals surface area contributed by atoms with Crippen LogP contribution in [0.2, 0.25) is 0 Å². The van der Waals surface area contributed by atoms with Crippen LogP contribution in [-0.2, 0) is 11.2 Å². The molecule has 2 rings (SSSR count). The second-order valence-electron chi connectivity index (χ2n) is 4.16. The maximum absolute atomic E-state index is 10.9. The molecule has 0 aliphatic rings. The molecule has 2 aromatic heterocycles. The summed E-state index contributed by atoms with van der Waals surface area (Å²) in [6, 6.07) is 0. The lowest BCUT2D eigenvalue weighted by Crippen LogP contribution is -2.07. The molecule has 0 spiro atoms. The van der Waals surface area contributed by atoms with Gasteiger partial charge in [-0.05, 0) is 29.8 Å². The molecule has 2 aromatic rings. The number of rotatable bonds is 4.